The molecule has 0 saturated carbocycles. The fourth-order valence-electron chi connectivity index (χ4n) is 1.98. The minimum Gasteiger partial charge on any atom is -0.329 e. The topological polar surface area (TPSA) is 55.9 Å². The van der Waals surface area contributed by atoms with E-state index in [-0.39, 0.29) is 17.5 Å². The molecule has 0 saturated heterocycles. The highest BCUT2D eigenvalue weighted by Gasteiger charge is 2.26. The normalized spacial score (nSPS) is 15.2. The van der Waals surface area contributed by atoms with E-state index in [0.29, 0.717) is 6.54 Å². The number of hydrogen-bond acceptors (Lipinski definition) is 3. The monoisotopic (exact) mass is 248 g/mol. The molecule has 18 heavy (non-hydrogen) atoms. The number of terminal acetylenes is 1. The molecule has 2 unspecified atom stereocenters. The van der Waals surface area contributed by atoms with E-state index in [0.717, 1.165) is 11.3 Å². The second-order valence-electron chi connectivity index (χ2n) is 5.70. The molecule has 0 spiro atoms. The van der Waals surface area contributed by atoms with Gasteiger partial charge in [-0.25, -0.2) is 0 Å². The van der Waals surface area contributed by atoms with Crippen molar-refractivity contribution in [3.8, 4) is 12.3 Å². The average molecular weight is 248 g/mol. The Morgan fingerprint density at radius 1 is 1.56 bits per heavy atom. The molecule has 0 radical (unpaired) electrons. The molecule has 0 bridgehead atoms. The van der Waals surface area contributed by atoms with Gasteiger partial charge in [-0.05, 0) is 6.92 Å². The predicted octanol–water partition coefficient (Wildman–Crippen LogP) is 1.33. The van der Waals surface area contributed by atoms with Gasteiger partial charge in [-0.1, -0.05) is 26.7 Å². The van der Waals surface area contributed by atoms with Gasteiger partial charge >= 0.3 is 0 Å². The van der Waals surface area contributed by atoms with Gasteiger partial charge < -0.3 is 5.73 Å². The van der Waals surface area contributed by atoms with Crippen molar-refractivity contribution in [3.63, 3.8) is 0 Å². The second-order valence-corrected chi connectivity index (χ2v) is 5.70. The highest BCUT2D eigenvalue weighted by atomic mass is 15.3. The zero-order chi connectivity index (χ0) is 13.9. The molecular weight excluding hydrogens is 224 g/mol. The summed E-state index contributed by atoms with van der Waals surface area (Å²) >= 11 is 0. The first-order chi connectivity index (χ1) is 8.29. The van der Waals surface area contributed by atoms with Crippen LogP contribution in [0.3, 0.4) is 0 Å². The summed E-state index contributed by atoms with van der Waals surface area (Å²) in [5, 5.41) is 7.90. The van der Waals surface area contributed by atoms with Gasteiger partial charge in [-0.3, -0.25) is 10.00 Å². The maximum absolute atomic E-state index is 5.86. The van der Waals surface area contributed by atoms with Gasteiger partial charge in [0.25, 0.3) is 0 Å². The number of nitrogens with zero attached hydrogens (tertiary/aromatic N) is 2. The number of nitrogens with one attached hydrogen (secondary N) is 1. The summed E-state index contributed by atoms with van der Waals surface area (Å²) in [7, 11) is 1.93. The molecule has 3 N–H and O–H groups in total. The van der Waals surface area contributed by atoms with Gasteiger partial charge in [0.2, 0.25) is 0 Å². The van der Waals surface area contributed by atoms with Crippen LogP contribution in [0.1, 0.15) is 45.0 Å². The number of aromatic nitrogens is 2. The Hall–Kier alpha value is -1.31. The van der Waals surface area contributed by atoms with E-state index < -0.39 is 0 Å². The lowest BCUT2D eigenvalue weighted by Gasteiger charge is -2.23. The number of hydrogen-bond donors (Lipinski definition) is 2. The first kappa shape index (κ1) is 14.7. The van der Waals surface area contributed by atoms with Gasteiger partial charge in [0.05, 0.1) is 11.7 Å². The third-order valence-electron chi connectivity index (χ3n) is 2.88. The van der Waals surface area contributed by atoms with E-state index in [1.165, 1.54) is 0 Å². The molecule has 100 valence electrons. The van der Waals surface area contributed by atoms with Crippen molar-refractivity contribution < 1.29 is 0 Å². The van der Waals surface area contributed by atoms with Gasteiger partial charge in [0.15, 0.2) is 0 Å². The highest BCUT2D eigenvalue weighted by molar-refractivity contribution is 5.28. The van der Waals surface area contributed by atoms with Crippen molar-refractivity contribution in [2.75, 3.05) is 6.54 Å². The lowest BCUT2D eigenvalue weighted by Crippen LogP contribution is -2.35. The summed E-state index contributed by atoms with van der Waals surface area (Å²) in [5.74, 6) is 2.67. The van der Waals surface area contributed by atoms with E-state index in [1.807, 2.05) is 24.9 Å². The Labute approximate surface area is 110 Å². The maximum atomic E-state index is 5.86. The molecule has 1 rings (SSSR count). The van der Waals surface area contributed by atoms with Crippen LogP contribution in [-0.2, 0) is 12.5 Å². The lowest BCUT2D eigenvalue weighted by atomic mass is 9.87. The quantitative estimate of drug-likeness (QED) is 0.790. The molecule has 0 amide bonds. The summed E-state index contributed by atoms with van der Waals surface area (Å²) < 4.78 is 1.83. The van der Waals surface area contributed by atoms with E-state index in [1.54, 1.807) is 0 Å². The fraction of sp³-hybridized carbons (Fsp3) is 0.643. The van der Waals surface area contributed by atoms with Crippen LogP contribution in [0.4, 0.5) is 0 Å². The third kappa shape index (κ3) is 3.34. The van der Waals surface area contributed by atoms with Crippen LogP contribution < -0.4 is 11.1 Å². The smallest absolute Gasteiger partial charge is 0.0726 e. The Morgan fingerprint density at radius 3 is 2.61 bits per heavy atom. The molecular formula is C14H24N4. The van der Waals surface area contributed by atoms with Crippen LogP contribution in [0.25, 0.3) is 0 Å². The van der Waals surface area contributed by atoms with Crippen LogP contribution in [-0.4, -0.2) is 22.4 Å². The lowest BCUT2D eigenvalue weighted by molar-refractivity contribution is 0.493. The van der Waals surface area contributed by atoms with Gasteiger partial charge in [0, 0.05) is 36.8 Å². The molecule has 1 aromatic heterocycles. The highest BCUT2D eigenvalue weighted by Crippen LogP contribution is 2.28. The van der Waals surface area contributed by atoms with Gasteiger partial charge in [-0.2, -0.15) is 5.10 Å². The van der Waals surface area contributed by atoms with Gasteiger partial charge in [-0.15, -0.1) is 6.42 Å². The van der Waals surface area contributed by atoms with E-state index in [9.17, 15) is 0 Å². The summed E-state index contributed by atoms with van der Waals surface area (Å²) in [6.45, 7) is 8.90. The molecule has 0 aromatic carbocycles. The third-order valence-corrected chi connectivity index (χ3v) is 2.88. The Bertz CT molecular complexity index is 434. The van der Waals surface area contributed by atoms with Crippen LogP contribution in [0.15, 0.2) is 6.20 Å². The molecule has 0 aliphatic heterocycles. The van der Waals surface area contributed by atoms with Crippen molar-refractivity contribution in [1.29, 1.82) is 0 Å². The predicted molar refractivity (Wildman–Crippen MR) is 75.1 cm³/mol. The minimum absolute atomic E-state index is 0.00780. The van der Waals surface area contributed by atoms with Crippen LogP contribution in [0.2, 0.25) is 0 Å². The summed E-state index contributed by atoms with van der Waals surface area (Å²) in [5.41, 5.74) is 8.05. The molecule has 2 atom stereocenters. The SMILES string of the molecule is C#CC(C)NC(CN)c1cn(C)nc1C(C)(C)C. The Kier molecular flexibility index (Phi) is 4.55. The van der Waals surface area contributed by atoms with Gasteiger partial charge in [0.1, 0.15) is 0 Å². The van der Waals surface area contributed by atoms with E-state index >= 15 is 0 Å². The van der Waals surface area contributed by atoms with E-state index in [2.05, 4.69) is 37.1 Å². The number of aryl methyl sites for hydroxylation is 1. The molecule has 0 fully saturated rings. The second kappa shape index (κ2) is 5.55. The fourth-order valence-corrected chi connectivity index (χ4v) is 1.98. The first-order valence-electron chi connectivity index (χ1n) is 6.25. The van der Waals surface area contributed by atoms with Crippen molar-refractivity contribution in [1.82, 2.24) is 15.1 Å². The average Bonchev–Trinajstić information content (AvgIpc) is 2.67. The standard InChI is InChI=1S/C14H24N4/c1-7-10(2)16-12(8-15)11-9-18(6)17-13(11)14(3,4)5/h1,9-10,12,16H,8,15H2,2-6H3. The van der Waals surface area contributed by atoms with Crippen LogP contribution in [0.5, 0.6) is 0 Å². The van der Waals surface area contributed by atoms with Crippen molar-refractivity contribution in [3.05, 3.63) is 17.5 Å². The van der Waals surface area contributed by atoms with Crippen LogP contribution >= 0.6 is 0 Å². The molecule has 4 nitrogen and oxygen atoms in total. The molecule has 1 heterocycles. The minimum atomic E-state index is -0.00885. The maximum Gasteiger partial charge on any atom is 0.0726 e. The van der Waals surface area contributed by atoms with E-state index in [4.69, 9.17) is 12.2 Å². The first-order valence-corrected chi connectivity index (χ1v) is 6.25. The number of nitrogens with two attached hydrogens (primary N) is 1. The van der Waals surface area contributed by atoms with Crippen molar-refractivity contribution in [2.24, 2.45) is 12.8 Å². The molecule has 4 heteroatoms. The Morgan fingerprint density at radius 2 is 2.17 bits per heavy atom. The largest absolute Gasteiger partial charge is 0.329 e. The molecule has 0 aliphatic rings. The zero-order valence-corrected chi connectivity index (χ0v) is 12.0. The van der Waals surface area contributed by atoms with Crippen molar-refractivity contribution >= 4 is 0 Å². The summed E-state index contributed by atoms with van der Waals surface area (Å²) in [6, 6.07) is 0.0329. The van der Waals surface area contributed by atoms with Crippen LogP contribution in [0, 0.1) is 12.3 Å². The Balaban J connectivity index is 3.10. The number of rotatable bonds is 4. The molecule has 0 aliphatic carbocycles. The summed E-state index contributed by atoms with van der Waals surface area (Å²) in [4.78, 5) is 0. The van der Waals surface area contributed by atoms with Crippen molar-refractivity contribution in [2.45, 2.75) is 45.2 Å². The summed E-state index contributed by atoms with van der Waals surface area (Å²) in [6.07, 6.45) is 7.43. The zero-order valence-electron chi connectivity index (χ0n) is 12.0. The molecule has 1 aromatic rings.